The highest BCUT2D eigenvalue weighted by atomic mass is 32.2. The number of methoxy groups -OCH3 is 1. The molecule has 0 aliphatic rings. The summed E-state index contributed by atoms with van der Waals surface area (Å²) in [5.41, 5.74) is 2.98. The van der Waals surface area contributed by atoms with Crippen molar-refractivity contribution in [3.8, 4) is 11.5 Å². The largest absolute Gasteiger partial charge is 0.497 e. The van der Waals surface area contributed by atoms with Crippen molar-refractivity contribution in [3.05, 3.63) is 53.6 Å². The van der Waals surface area contributed by atoms with Gasteiger partial charge in [0, 0.05) is 10.5 Å². The number of benzene rings is 2. The Morgan fingerprint density at radius 2 is 1.81 bits per heavy atom. The van der Waals surface area contributed by atoms with E-state index in [9.17, 15) is 9.59 Å². The fraction of sp³-hybridized carbons (Fsp3) is 0.222. The van der Waals surface area contributed by atoms with E-state index in [1.54, 1.807) is 49.0 Å². The molecule has 2 rings (SSSR count). The van der Waals surface area contributed by atoms with Gasteiger partial charge in [-0.25, -0.2) is 5.48 Å². The smallest absolute Gasteiger partial charge is 0.307 e. The van der Waals surface area contributed by atoms with E-state index in [4.69, 9.17) is 14.7 Å². The Labute approximate surface area is 155 Å². The molecule has 7 nitrogen and oxygen atoms in total. The van der Waals surface area contributed by atoms with Gasteiger partial charge in [-0.1, -0.05) is 0 Å². The molecule has 0 aliphatic carbocycles. The van der Waals surface area contributed by atoms with E-state index in [1.807, 2.05) is 13.0 Å². The first-order valence-electron chi connectivity index (χ1n) is 7.81. The molecule has 0 bridgehead atoms. The van der Waals surface area contributed by atoms with E-state index in [0.717, 1.165) is 17.3 Å². The maximum absolute atomic E-state index is 12.2. The van der Waals surface area contributed by atoms with Crippen molar-refractivity contribution < 1.29 is 24.3 Å². The second kappa shape index (κ2) is 9.69. The molecule has 0 spiro atoms. The van der Waals surface area contributed by atoms with Crippen LogP contribution in [0.25, 0.3) is 0 Å². The molecule has 2 aromatic rings. The Bertz CT molecular complexity index is 765. The lowest BCUT2D eigenvalue weighted by molar-refractivity contribution is 0.0946. The lowest BCUT2D eigenvalue weighted by Crippen LogP contribution is -2.28. The molecular formula is C18H20N2O5S. The predicted octanol–water partition coefficient (Wildman–Crippen LogP) is 3.00. The Balaban J connectivity index is 1.78. The van der Waals surface area contributed by atoms with Gasteiger partial charge in [0.05, 0.1) is 13.7 Å². The number of rotatable bonds is 7. The Hall–Kier alpha value is -2.71. The van der Waals surface area contributed by atoms with Gasteiger partial charge in [-0.2, -0.15) is 0 Å². The lowest BCUT2D eigenvalue weighted by atomic mass is 10.1. The summed E-state index contributed by atoms with van der Waals surface area (Å²) in [4.78, 5) is 23.9. The Morgan fingerprint density at radius 1 is 1.12 bits per heavy atom. The third-order valence-electron chi connectivity index (χ3n) is 3.46. The van der Waals surface area contributed by atoms with E-state index in [-0.39, 0.29) is 5.91 Å². The first-order chi connectivity index (χ1) is 12.5. The molecule has 0 heterocycles. The minimum absolute atomic E-state index is 0.171. The molecule has 2 aromatic carbocycles. The van der Waals surface area contributed by atoms with Gasteiger partial charge in [-0.15, -0.1) is 0 Å². The first-order valence-corrected chi connectivity index (χ1v) is 8.62. The van der Waals surface area contributed by atoms with E-state index in [2.05, 4.69) is 5.32 Å². The summed E-state index contributed by atoms with van der Waals surface area (Å²) in [5, 5.41) is 10.7. The molecule has 3 N–H and O–H groups in total. The van der Waals surface area contributed by atoms with Crippen molar-refractivity contribution >= 4 is 22.9 Å². The standard InChI is InChI=1S/C18H20N2O5S/c1-12-11-14(24-2)5-8-16(12)17(21)19-9-10-25-13-3-6-15(7-4-13)26-18(22)20-23/h3-8,11,23H,9-10H2,1-2H3,(H,19,21)(H,20,22). The summed E-state index contributed by atoms with van der Waals surface area (Å²) >= 11 is 0.865. The molecule has 2 amide bonds. The van der Waals surface area contributed by atoms with Crippen molar-refractivity contribution in [2.24, 2.45) is 0 Å². The van der Waals surface area contributed by atoms with Gasteiger partial charge in [0.2, 0.25) is 0 Å². The number of ether oxygens (including phenoxy) is 2. The number of hydroxylamine groups is 1. The SMILES string of the molecule is COc1ccc(C(=O)NCCOc2ccc(SC(=O)NO)cc2)c(C)c1. The average molecular weight is 376 g/mol. The highest BCUT2D eigenvalue weighted by molar-refractivity contribution is 8.13. The van der Waals surface area contributed by atoms with Gasteiger partial charge >= 0.3 is 5.24 Å². The molecular weight excluding hydrogens is 356 g/mol. The van der Waals surface area contributed by atoms with Crippen LogP contribution in [0.15, 0.2) is 47.4 Å². The van der Waals surface area contributed by atoms with Crippen LogP contribution < -0.4 is 20.3 Å². The van der Waals surface area contributed by atoms with Crippen molar-refractivity contribution in [3.63, 3.8) is 0 Å². The molecule has 0 unspecified atom stereocenters. The number of nitrogens with one attached hydrogen (secondary N) is 2. The summed E-state index contributed by atoms with van der Waals surface area (Å²) in [6.07, 6.45) is 0. The van der Waals surface area contributed by atoms with Crippen LogP contribution in [0.1, 0.15) is 15.9 Å². The zero-order valence-electron chi connectivity index (χ0n) is 14.4. The average Bonchev–Trinajstić information content (AvgIpc) is 2.66. The summed E-state index contributed by atoms with van der Waals surface area (Å²) in [6.45, 7) is 2.52. The highest BCUT2D eigenvalue weighted by Gasteiger charge is 2.09. The van der Waals surface area contributed by atoms with E-state index >= 15 is 0 Å². The third-order valence-corrected chi connectivity index (χ3v) is 4.24. The van der Waals surface area contributed by atoms with Gasteiger partial charge in [0.25, 0.3) is 5.91 Å². The minimum atomic E-state index is -0.560. The molecule has 0 radical (unpaired) electrons. The van der Waals surface area contributed by atoms with E-state index in [1.165, 1.54) is 0 Å². The van der Waals surface area contributed by atoms with Crippen molar-refractivity contribution in [2.45, 2.75) is 11.8 Å². The molecule has 0 atom stereocenters. The van der Waals surface area contributed by atoms with Gasteiger partial charge in [-0.05, 0) is 66.7 Å². The minimum Gasteiger partial charge on any atom is -0.497 e. The predicted molar refractivity (Wildman–Crippen MR) is 98.2 cm³/mol. The van der Waals surface area contributed by atoms with Crippen LogP contribution in [0.4, 0.5) is 4.79 Å². The fourth-order valence-corrected chi connectivity index (χ4v) is 2.71. The molecule has 0 aliphatic heterocycles. The maximum atomic E-state index is 12.2. The van der Waals surface area contributed by atoms with Crippen LogP contribution in [0.3, 0.4) is 0 Å². The van der Waals surface area contributed by atoms with Gasteiger partial charge in [-0.3, -0.25) is 14.8 Å². The zero-order chi connectivity index (χ0) is 18.9. The number of carbonyl (C=O) groups is 2. The van der Waals surface area contributed by atoms with Crippen molar-refractivity contribution in [2.75, 3.05) is 20.3 Å². The Morgan fingerprint density at radius 3 is 2.42 bits per heavy atom. The van der Waals surface area contributed by atoms with Gasteiger partial charge in [0.1, 0.15) is 18.1 Å². The normalized spacial score (nSPS) is 10.1. The monoisotopic (exact) mass is 376 g/mol. The van der Waals surface area contributed by atoms with E-state index in [0.29, 0.717) is 35.1 Å². The van der Waals surface area contributed by atoms with E-state index < -0.39 is 5.24 Å². The second-order valence-electron chi connectivity index (χ2n) is 5.26. The molecule has 0 saturated carbocycles. The summed E-state index contributed by atoms with van der Waals surface area (Å²) < 4.78 is 10.7. The lowest BCUT2D eigenvalue weighted by Gasteiger charge is -2.10. The molecule has 26 heavy (non-hydrogen) atoms. The summed E-state index contributed by atoms with van der Waals surface area (Å²) in [7, 11) is 1.58. The zero-order valence-corrected chi connectivity index (χ0v) is 15.3. The quantitative estimate of drug-likeness (QED) is 0.297. The van der Waals surface area contributed by atoms with Crippen LogP contribution in [-0.4, -0.2) is 36.6 Å². The van der Waals surface area contributed by atoms with Crippen LogP contribution in [-0.2, 0) is 0 Å². The molecule has 0 saturated heterocycles. The molecule has 138 valence electrons. The molecule has 0 fully saturated rings. The number of amides is 2. The number of hydrogen-bond donors (Lipinski definition) is 3. The second-order valence-corrected chi connectivity index (χ2v) is 6.30. The van der Waals surface area contributed by atoms with Crippen molar-refractivity contribution in [1.82, 2.24) is 10.8 Å². The molecule has 8 heteroatoms. The number of hydrogen-bond acceptors (Lipinski definition) is 6. The van der Waals surface area contributed by atoms with Crippen LogP contribution >= 0.6 is 11.8 Å². The summed E-state index contributed by atoms with van der Waals surface area (Å²) in [6, 6.07) is 12.1. The summed E-state index contributed by atoms with van der Waals surface area (Å²) in [5.74, 6) is 1.16. The number of aryl methyl sites for hydroxylation is 1. The topological polar surface area (TPSA) is 96.9 Å². The van der Waals surface area contributed by atoms with Crippen LogP contribution in [0, 0.1) is 6.92 Å². The van der Waals surface area contributed by atoms with Gasteiger partial charge in [0.15, 0.2) is 0 Å². The van der Waals surface area contributed by atoms with Gasteiger partial charge < -0.3 is 14.8 Å². The maximum Gasteiger partial charge on any atom is 0.307 e. The first kappa shape index (κ1) is 19.6. The Kier molecular flexibility index (Phi) is 7.31. The number of carbonyl (C=O) groups excluding carboxylic acids is 2. The number of thioether (sulfide) groups is 1. The fourth-order valence-electron chi connectivity index (χ4n) is 2.18. The van der Waals surface area contributed by atoms with Crippen LogP contribution in [0.2, 0.25) is 0 Å². The van der Waals surface area contributed by atoms with Crippen molar-refractivity contribution in [1.29, 1.82) is 0 Å². The highest BCUT2D eigenvalue weighted by Crippen LogP contribution is 2.21. The third kappa shape index (κ3) is 5.68. The molecule has 0 aromatic heterocycles. The van der Waals surface area contributed by atoms with Crippen LogP contribution in [0.5, 0.6) is 11.5 Å².